The summed E-state index contributed by atoms with van der Waals surface area (Å²) in [4.78, 5) is 11.3. The highest BCUT2D eigenvalue weighted by Gasteiger charge is 2.14. The third-order valence-electron chi connectivity index (χ3n) is 2.87. The van der Waals surface area contributed by atoms with Gasteiger partial charge in [-0.3, -0.25) is 4.72 Å². The highest BCUT2D eigenvalue weighted by atomic mass is 35.5. The second-order valence-corrected chi connectivity index (χ2v) is 6.66. The Morgan fingerprint density at radius 3 is 2.36 bits per heavy atom. The molecular weight excluding hydrogens is 326 g/mol. The van der Waals surface area contributed by atoms with Gasteiger partial charge in [0.2, 0.25) is 10.0 Å². The Labute approximate surface area is 133 Å². The first-order valence-electron chi connectivity index (χ1n) is 6.33. The van der Waals surface area contributed by atoms with Crippen LogP contribution in [0, 0.1) is 0 Å². The summed E-state index contributed by atoms with van der Waals surface area (Å²) in [6.07, 6.45) is 0. The minimum atomic E-state index is -3.60. The van der Waals surface area contributed by atoms with E-state index in [4.69, 9.17) is 11.6 Å². The number of carbonyl (C=O) groups is 1. The molecule has 22 heavy (non-hydrogen) atoms. The summed E-state index contributed by atoms with van der Waals surface area (Å²) in [6.45, 7) is 0. The lowest BCUT2D eigenvalue weighted by atomic mass is 10.1. The number of nitrogens with one attached hydrogen (secondary N) is 1. The quantitative estimate of drug-likeness (QED) is 0.850. The molecule has 0 heterocycles. The predicted molar refractivity (Wildman–Crippen MR) is 85.5 cm³/mol. The first-order chi connectivity index (χ1) is 10.4. The van der Waals surface area contributed by atoms with Gasteiger partial charge in [0.1, 0.15) is 0 Å². The molecule has 0 fully saturated rings. The van der Waals surface area contributed by atoms with Crippen LogP contribution in [0.1, 0.15) is 15.9 Å². The maximum Gasteiger partial charge on any atom is 0.337 e. The van der Waals surface area contributed by atoms with Gasteiger partial charge in [-0.25, -0.2) is 13.2 Å². The summed E-state index contributed by atoms with van der Waals surface area (Å²) in [5.41, 5.74) is 1.24. The minimum absolute atomic E-state index is 0.223. The maximum atomic E-state index is 12.1. The molecule has 2 aromatic carbocycles. The number of methoxy groups -OCH3 is 1. The first-order valence-corrected chi connectivity index (χ1v) is 8.36. The fraction of sp³-hybridized carbons (Fsp3) is 0.133. The molecule has 0 spiro atoms. The number of ether oxygens (including phenoxy) is 1. The number of esters is 1. The van der Waals surface area contributed by atoms with E-state index in [1.54, 1.807) is 36.4 Å². The Kier molecular flexibility index (Phi) is 5.05. The summed E-state index contributed by atoms with van der Waals surface area (Å²) < 4.78 is 31.3. The molecule has 0 radical (unpaired) electrons. The van der Waals surface area contributed by atoms with Crippen molar-refractivity contribution >= 4 is 33.3 Å². The van der Waals surface area contributed by atoms with E-state index in [9.17, 15) is 13.2 Å². The van der Waals surface area contributed by atoms with E-state index < -0.39 is 16.0 Å². The highest BCUT2D eigenvalue weighted by Crippen LogP contribution is 2.22. The van der Waals surface area contributed by atoms with Gasteiger partial charge in [-0.15, -0.1) is 0 Å². The second-order valence-electron chi connectivity index (χ2n) is 4.53. The van der Waals surface area contributed by atoms with Crippen LogP contribution < -0.4 is 4.72 Å². The number of sulfonamides is 1. The fourth-order valence-corrected chi connectivity index (χ4v) is 3.28. The van der Waals surface area contributed by atoms with E-state index in [0.717, 1.165) is 0 Å². The number of carbonyl (C=O) groups excluding carboxylic acids is 1. The Morgan fingerprint density at radius 2 is 1.77 bits per heavy atom. The lowest BCUT2D eigenvalue weighted by Crippen LogP contribution is -2.15. The number of hydrogen-bond acceptors (Lipinski definition) is 4. The van der Waals surface area contributed by atoms with Crippen LogP contribution in [0.2, 0.25) is 5.02 Å². The summed E-state index contributed by atoms with van der Waals surface area (Å²) in [5.74, 6) is -0.691. The molecule has 116 valence electrons. The topological polar surface area (TPSA) is 72.5 Å². The average Bonchev–Trinajstić information content (AvgIpc) is 2.49. The molecule has 0 saturated carbocycles. The van der Waals surface area contributed by atoms with E-state index >= 15 is 0 Å². The molecular formula is C15H14ClNO4S. The van der Waals surface area contributed by atoms with Crippen LogP contribution in [0.25, 0.3) is 0 Å². The van der Waals surface area contributed by atoms with Crippen molar-refractivity contribution in [2.45, 2.75) is 5.75 Å². The van der Waals surface area contributed by atoms with E-state index in [2.05, 4.69) is 9.46 Å². The Bertz CT molecular complexity index is 772. The van der Waals surface area contributed by atoms with Crippen molar-refractivity contribution < 1.29 is 17.9 Å². The molecule has 0 saturated heterocycles. The lowest BCUT2D eigenvalue weighted by Gasteiger charge is -2.09. The van der Waals surface area contributed by atoms with Crippen LogP contribution in [0.15, 0.2) is 48.5 Å². The zero-order chi connectivity index (χ0) is 16.2. The van der Waals surface area contributed by atoms with Gasteiger partial charge in [-0.05, 0) is 29.8 Å². The molecule has 7 heteroatoms. The average molecular weight is 340 g/mol. The normalized spacial score (nSPS) is 11.0. The molecule has 0 aromatic heterocycles. The minimum Gasteiger partial charge on any atom is -0.465 e. The van der Waals surface area contributed by atoms with Gasteiger partial charge in [-0.2, -0.15) is 0 Å². The standard InChI is InChI=1S/C15H14ClNO4S/c1-21-15(18)12-8-6-11(7-9-12)10-22(19,20)17-14-5-3-2-4-13(14)16/h2-9,17H,10H2,1H3. The van der Waals surface area contributed by atoms with Crippen molar-refractivity contribution in [1.29, 1.82) is 0 Å². The Balaban J connectivity index is 2.12. The Hall–Kier alpha value is -2.05. The third-order valence-corrected chi connectivity index (χ3v) is 4.44. The van der Waals surface area contributed by atoms with Gasteiger partial charge in [0.25, 0.3) is 0 Å². The van der Waals surface area contributed by atoms with Crippen LogP contribution in [0.4, 0.5) is 5.69 Å². The molecule has 1 N–H and O–H groups in total. The molecule has 0 amide bonds. The fourth-order valence-electron chi connectivity index (χ4n) is 1.82. The summed E-state index contributed by atoms with van der Waals surface area (Å²) in [6, 6.07) is 12.8. The van der Waals surface area contributed by atoms with Gasteiger partial charge in [-0.1, -0.05) is 35.9 Å². The van der Waals surface area contributed by atoms with Crippen LogP contribution in [-0.2, 0) is 20.5 Å². The lowest BCUT2D eigenvalue weighted by molar-refractivity contribution is 0.0600. The SMILES string of the molecule is COC(=O)c1ccc(CS(=O)(=O)Nc2ccccc2Cl)cc1. The summed E-state index contributed by atoms with van der Waals surface area (Å²) in [7, 11) is -2.31. The van der Waals surface area contributed by atoms with Crippen molar-refractivity contribution in [1.82, 2.24) is 0 Å². The number of hydrogen-bond donors (Lipinski definition) is 1. The summed E-state index contributed by atoms with van der Waals surface area (Å²) in [5, 5.41) is 0.326. The molecule has 0 aliphatic heterocycles. The van der Waals surface area contributed by atoms with Crippen LogP contribution >= 0.6 is 11.6 Å². The van der Waals surface area contributed by atoms with E-state index in [-0.39, 0.29) is 5.75 Å². The van der Waals surface area contributed by atoms with E-state index in [1.165, 1.54) is 19.2 Å². The van der Waals surface area contributed by atoms with Crippen molar-refractivity contribution in [2.75, 3.05) is 11.8 Å². The summed E-state index contributed by atoms with van der Waals surface area (Å²) >= 11 is 5.93. The van der Waals surface area contributed by atoms with Crippen molar-refractivity contribution in [3.63, 3.8) is 0 Å². The first kappa shape index (κ1) is 16.3. The molecule has 0 aliphatic carbocycles. The second kappa shape index (κ2) is 6.81. The van der Waals surface area contributed by atoms with Crippen LogP contribution in [0.5, 0.6) is 0 Å². The molecule has 0 atom stereocenters. The number of benzene rings is 2. The Morgan fingerprint density at radius 1 is 1.14 bits per heavy atom. The van der Waals surface area contributed by atoms with Crippen molar-refractivity contribution in [2.24, 2.45) is 0 Å². The zero-order valence-electron chi connectivity index (χ0n) is 11.7. The third kappa shape index (κ3) is 4.22. The largest absolute Gasteiger partial charge is 0.465 e. The highest BCUT2D eigenvalue weighted by molar-refractivity contribution is 7.91. The van der Waals surface area contributed by atoms with Gasteiger partial charge < -0.3 is 4.74 Å². The van der Waals surface area contributed by atoms with Crippen LogP contribution in [0.3, 0.4) is 0 Å². The maximum absolute atomic E-state index is 12.1. The van der Waals surface area contributed by atoms with Crippen LogP contribution in [-0.4, -0.2) is 21.5 Å². The van der Waals surface area contributed by atoms with Gasteiger partial charge in [0.15, 0.2) is 0 Å². The number of para-hydroxylation sites is 1. The number of halogens is 1. The number of rotatable bonds is 5. The molecule has 2 aromatic rings. The molecule has 5 nitrogen and oxygen atoms in total. The van der Waals surface area contributed by atoms with Gasteiger partial charge >= 0.3 is 5.97 Å². The molecule has 0 unspecified atom stereocenters. The van der Waals surface area contributed by atoms with Crippen molar-refractivity contribution in [3.8, 4) is 0 Å². The van der Waals surface area contributed by atoms with Crippen molar-refractivity contribution in [3.05, 3.63) is 64.7 Å². The molecule has 0 bridgehead atoms. The van der Waals surface area contributed by atoms with Gasteiger partial charge in [0, 0.05) is 0 Å². The zero-order valence-corrected chi connectivity index (χ0v) is 13.3. The monoisotopic (exact) mass is 339 g/mol. The smallest absolute Gasteiger partial charge is 0.337 e. The molecule has 0 aliphatic rings. The van der Waals surface area contributed by atoms with E-state index in [0.29, 0.717) is 21.8 Å². The molecule has 2 rings (SSSR count). The van der Waals surface area contributed by atoms with E-state index in [1.807, 2.05) is 0 Å². The van der Waals surface area contributed by atoms with Gasteiger partial charge in [0.05, 0.1) is 29.1 Å². The predicted octanol–water partition coefficient (Wildman–Crippen LogP) is 3.07. The number of anilines is 1.